The number of hydrogen-bond acceptors (Lipinski definition) is 4. The van der Waals surface area contributed by atoms with Crippen molar-refractivity contribution in [2.45, 2.75) is 13.8 Å². The third-order valence-electron chi connectivity index (χ3n) is 3.86. The summed E-state index contributed by atoms with van der Waals surface area (Å²) in [6.45, 7) is 3.50. The summed E-state index contributed by atoms with van der Waals surface area (Å²) in [7, 11) is 0. The van der Waals surface area contributed by atoms with Crippen molar-refractivity contribution in [2.24, 2.45) is 5.41 Å². The summed E-state index contributed by atoms with van der Waals surface area (Å²) in [5.41, 5.74) is -0.0853. The Hall–Kier alpha value is -2.41. The summed E-state index contributed by atoms with van der Waals surface area (Å²) in [4.78, 5) is 49.0. The predicted molar refractivity (Wildman–Crippen MR) is 92.3 cm³/mol. The number of carbonyl (C=O) groups excluding carboxylic acids is 4. The molecule has 0 unspecified atom stereocenters. The van der Waals surface area contributed by atoms with Crippen LogP contribution >= 0.6 is 11.6 Å². The van der Waals surface area contributed by atoms with Gasteiger partial charge in [-0.05, 0) is 26.0 Å². The molecular weight excluding hydrogens is 346 g/mol. The molecule has 1 aromatic carbocycles. The van der Waals surface area contributed by atoms with Gasteiger partial charge in [0.15, 0.2) is 0 Å². The van der Waals surface area contributed by atoms with Gasteiger partial charge in [0.1, 0.15) is 6.54 Å². The fraction of sp³-hybridized carbons (Fsp3) is 0.412. The van der Waals surface area contributed by atoms with Crippen molar-refractivity contribution in [1.29, 1.82) is 0 Å². The molecule has 8 heteroatoms. The molecule has 0 saturated heterocycles. The molecular formula is C17H20ClN3O4. The normalized spacial score (nSPS) is 13.6. The van der Waals surface area contributed by atoms with Gasteiger partial charge in [-0.3, -0.25) is 24.1 Å². The summed E-state index contributed by atoms with van der Waals surface area (Å²) in [6, 6.07) is 6.44. The van der Waals surface area contributed by atoms with Crippen LogP contribution in [0.25, 0.3) is 0 Å². The Labute approximate surface area is 150 Å². The highest BCUT2D eigenvalue weighted by atomic mass is 35.5. The van der Waals surface area contributed by atoms with E-state index in [9.17, 15) is 19.2 Å². The minimum Gasteiger partial charge on any atom is -0.354 e. The molecule has 1 aromatic rings. The molecule has 0 fully saturated rings. The van der Waals surface area contributed by atoms with Gasteiger partial charge in [-0.25, -0.2) is 0 Å². The highest BCUT2D eigenvalue weighted by Crippen LogP contribution is 2.21. The molecule has 2 N–H and O–H groups in total. The second-order valence-corrected chi connectivity index (χ2v) is 6.63. The molecule has 0 saturated carbocycles. The maximum absolute atomic E-state index is 12.2. The van der Waals surface area contributed by atoms with Crippen LogP contribution in [-0.4, -0.2) is 54.0 Å². The number of imide groups is 1. The van der Waals surface area contributed by atoms with E-state index in [1.807, 2.05) is 0 Å². The zero-order valence-electron chi connectivity index (χ0n) is 14.1. The quantitative estimate of drug-likeness (QED) is 0.424. The number of halogens is 1. The Morgan fingerprint density at radius 2 is 1.56 bits per heavy atom. The summed E-state index contributed by atoms with van der Waals surface area (Å²) in [5, 5.41) is 5.24. The van der Waals surface area contributed by atoms with Crippen LogP contribution in [0.3, 0.4) is 0 Å². The zero-order valence-corrected chi connectivity index (χ0v) is 14.9. The number of nitrogens with zero attached hydrogens (tertiary/aromatic N) is 1. The van der Waals surface area contributed by atoms with Crippen molar-refractivity contribution in [3.8, 4) is 0 Å². The van der Waals surface area contributed by atoms with E-state index in [0.717, 1.165) is 4.90 Å². The highest BCUT2D eigenvalue weighted by Gasteiger charge is 2.36. The van der Waals surface area contributed by atoms with Crippen LogP contribution < -0.4 is 10.6 Å². The Morgan fingerprint density at radius 3 is 2.08 bits per heavy atom. The van der Waals surface area contributed by atoms with Gasteiger partial charge in [-0.2, -0.15) is 0 Å². The first-order chi connectivity index (χ1) is 11.8. The third-order valence-corrected chi connectivity index (χ3v) is 4.53. The molecule has 1 aliphatic rings. The number of amides is 4. The second kappa shape index (κ2) is 7.65. The minimum atomic E-state index is -0.689. The van der Waals surface area contributed by atoms with Crippen LogP contribution in [-0.2, 0) is 9.59 Å². The van der Waals surface area contributed by atoms with Crippen molar-refractivity contribution in [3.05, 3.63) is 35.4 Å². The summed E-state index contributed by atoms with van der Waals surface area (Å²) in [6.07, 6.45) is 0. The number of rotatable bonds is 7. The van der Waals surface area contributed by atoms with Crippen molar-refractivity contribution in [2.75, 3.05) is 25.5 Å². The molecule has 4 amide bonds. The number of alkyl halides is 1. The van der Waals surface area contributed by atoms with Gasteiger partial charge >= 0.3 is 0 Å². The SMILES string of the molecule is CC(C)(CCl)C(=O)NCCNC(=O)CN1C(=O)c2ccccc2C1=O. The number of hydrogen-bond donors (Lipinski definition) is 2. The lowest BCUT2D eigenvalue weighted by atomic mass is 9.95. The average molecular weight is 366 g/mol. The van der Waals surface area contributed by atoms with Crippen LogP contribution in [0, 0.1) is 5.41 Å². The van der Waals surface area contributed by atoms with E-state index in [2.05, 4.69) is 10.6 Å². The highest BCUT2D eigenvalue weighted by molar-refractivity contribution is 6.22. The topological polar surface area (TPSA) is 95.6 Å². The van der Waals surface area contributed by atoms with E-state index in [-0.39, 0.29) is 31.4 Å². The fourth-order valence-electron chi connectivity index (χ4n) is 2.26. The molecule has 0 atom stereocenters. The minimum absolute atomic E-state index is 0.185. The van der Waals surface area contributed by atoms with Crippen LogP contribution in [0.1, 0.15) is 34.6 Å². The van der Waals surface area contributed by atoms with Crippen molar-refractivity contribution in [1.82, 2.24) is 15.5 Å². The number of nitrogens with one attached hydrogen (secondary N) is 2. The monoisotopic (exact) mass is 365 g/mol. The number of benzene rings is 1. The maximum Gasteiger partial charge on any atom is 0.262 e. The van der Waals surface area contributed by atoms with E-state index in [1.54, 1.807) is 38.1 Å². The van der Waals surface area contributed by atoms with Gasteiger partial charge in [0.2, 0.25) is 11.8 Å². The Bertz CT molecular complexity index is 683. The summed E-state index contributed by atoms with van der Waals surface area (Å²) in [5.74, 6) is -1.46. The first-order valence-corrected chi connectivity index (χ1v) is 8.37. The van der Waals surface area contributed by atoms with Crippen LogP contribution in [0.5, 0.6) is 0 Å². The molecule has 25 heavy (non-hydrogen) atoms. The first-order valence-electron chi connectivity index (χ1n) is 7.84. The second-order valence-electron chi connectivity index (χ2n) is 6.37. The standard InChI is InChI=1S/C17H20ClN3O4/c1-17(2,10-18)16(25)20-8-7-19-13(22)9-21-14(23)11-5-3-4-6-12(11)15(21)24/h3-6H,7-10H2,1-2H3,(H,19,22)(H,20,25). The Morgan fingerprint density at radius 1 is 1.04 bits per heavy atom. The van der Waals surface area contributed by atoms with E-state index < -0.39 is 23.1 Å². The Balaban J connectivity index is 1.79. The van der Waals surface area contributed by atoms with Gasteiger partial charge in [-0.1, -0.05) is 12.1 Å². The molecule has 0 bridgehead atoms. The first kappa shape index (κ1) is 18.9. The van der Waals surface area contributed by atoms with Crippen LogP contribution in [0.15, 0.2) is 24.3 Å². The van der Waals surface area contributed by atoms with Gasteiger partial charge in [0.25, 0.3) is 11.8 Å². The van der Waals surface area contributed by atoms with E-state index in [1.165, 1.54) is 0 Å². The fourth-order valence-corrected chi connectivity index (χ4v) is 2.38. The van der Waals surface area contributed by atoms with E-state index in [0.29, 0.717) is 11.1 Å². The lowest BCUT2D eigenvalue weighted by Crippen LogP contribution is -2.44. The van der Waals surface area contributed by atoms with Gasteiger partial charge in [0.05, 0.1) is 16.5 Å². The molecule has 1 aliphatic heterocycles. The Kier molecular flexibility index (Phi) is 5.79. The molecule has 0 aromatic heterocycles. The number of carbonyl (C=O) groups is 4. The summed E-state index contributed by atoms with van der Waals surface area (Å²) < 4.78 is 0. The number of fused-ring (bicyclic) bond motifs is 1. The lowest BCUT2D eigenvalue weighted by Gasteiger charge is -2.20. The van der Waals surface area contributed by atoms with Gasteiger partial charge < -0.3 is 10.6 Å². The lowest BCUT2D eigenvalue weighted by molar-refractivity contribution is -0.128. The smallest absolute Gasteiger partial charge is 0.262 e. The van der Waals surface area contributed by atoms with Crippen LogP contribution in [0.2, 0.25) is 0 Å². The predicted octanol–water partition coefficient (Wildman–Crippen LogP) is 0.780. The molecule has 0 spiro atoms. The van der Waals surface area contributed by atoms with Crippen LogP contribution in [0.4, 0.5) is 0 Å². The van der Waals surface area contributed by atoms with E-state index in [4.69, 9.17) is 11.6 Å². The van der Waals surface area contributed by atoms with Crippen molar-refractivity contribution < 1.29 is 19.2 Å². The van der Waals surface area contributed by atoms with Gasteiger partial charge in [0, 0.05) is 19.0 Å². The largest absolute Gasteiger partial charge is 0.354 e. The van der Waals surface area contributed by atoms with Gasteiger partial charge in [-0.15, -0.1) is 11.6 Å². The molecule has 134 valence electrons. The van der Waals surface area contributed by atoms with Crippen molar-refractivity contribution in [3.63, 3.8) is 0 Å². The zero-order chi connectivity index (χ0) is 18.6. The molecule has 0 radical (unpaired) electrons. The molecule has 7 nitrogen and oxygen atoms in total. The maximum atomic E-state index is 12.2. The third kappa shape index (κ3) is 4.17. The molecule has 1 heterocycles. The van der Waals surface area contributed by atoms with E-state index >= 15 is 0 Å². The van der Waals surface area contributed by atoms with Crippen molar-refractivity contribution >= 4 is 35.2 Å². The molecule has 2 rings (SSSR count). The average Bonchev–Trinajstić information content (AvgIpc) is 2.84. The molecule has 0 aliphatic carbocycles. The summed E-state index contributed by atoms with van der Waals surface area (Å²) >= 11 is 5.71.